The second kappa shape index (κ2) is 7.82. The number of carbonyl (C=O) groups excluding carboxylic acids is 1. The first-order chi connectivity index (χ1) is 9.84. The van der Waals surface area contributed by atoms with Crippen molar-refractivity contribution in [2.24, 2.45) is 5.73 Å². The van der Waals surface area contributed by atoms with E-state index in [1.165, 1.54) is 0 Å². The Bertz CT molecular complexity index is 483. The zero-order chi connectivity index (χ0) is 15.9. The number of carbonyl (C=O) groups is 1. The monoisotopic (exact) mass is 308 g/mol. The van der Waals surface area contributed by atoms with Crippen LogP contribution in [0.3, 0.4) is 0 Å². The van der Waals surface area contributed by atoms with Crippen molar-refractivity contribution >= 4 is 5.91 Å². The van der Waals surface area contributed by atoms with Gasteiger partial charge in [-0.15, -0.1) is 0 Å². The zero-order valence-electron chi connectivity index (χ0n) is 11.2. The highest BCUT2D eigenvalue weighted by atomic mass is 19.3. The van der Waals surface area contributed by atoms with Gasteiger partial charge in [0.25, 0.3) is 5.92 Å². The summed E-state index contributed by atoms with van der Waals surface area (Å²) >= 11 is 0. The fourth-order valence-electron chi connectivity index (χ4n) is 1.40. The van der Waals surface area contributed by atoms with E-state index in [9.17, 15) is 22.4 Å². The molecule has 0 aromatic heterocycles. The van der Waals surface area contributed by atoms with Crippen LogP contribution in [-0.2, 0) is 4.79 Å². The maximum Gasteiger partial charge on any atom is 0.277 e. The molecule has 0 saturated heterocycles. The van der Waals surface area contributed by atoms with Crippen molar-refractivity contribution in [2.75, 3.05) is 19.7 Å². The first-order valence-electron chi connectivity index (χ1n) is 6.26. The van der Waals surface area contributed by atoms with Gasteiger partial charge in [0.05, 0.1) is 19.7 Å². The zero-order valence-corrected chi connectivity index (χ0v) is 11.2. The molecule has 1 amide bonds. The molecule has 0 heterocycles. The molecule has 21 heavy (non-hydrogen) atoms. The van der Waals surface area contributed by atoms with Crippen molar-refractivity contribution in [3.05, 3.63) is 29.8 Å². The van der Waals surface area contributed by atoms with Crippen molar-refractivity contribution < 1.29 is 27.1 Å². The first kappa shape index (κ1) is 17.2. The third kappa shape index (κ3) is 6.44. The molecule has 1 aromatic carbocycles. The van der Waals surface area contributed by atoms with Gasteiger partial charge in [-0.1, -0.05) is 0 Å². The van der Waals surface area contributed by atoms with Gasteiger partial charge in [0.1, 0.15) is 5.82 Å². The lowest BCUT2D eigenvalue weighted by molar-refractivity contribution is -0.123. The number of ether oxygens (including phenoxy) is 1. The largest absolute Gasteiger partial charge is 0.491 e. The van der Waals surface area contributed by atoms with Gasteiger partial charge in [-0.2, -0.15) is 0 Å². The number of rotatable bonds is 8. The maximum atomic E-state index is 13.2. The molecule has 0 radical (unpaired) electrons. The molecule has 118 valence electrons. The van der Waals surface area contributed by atoms with Crippen molar-refractivity contribution in [1.82, 2.24) is 5.32 Å². The molecule has 0 fully saturated rings. The van der Waals surface area contributed by atoms with Crippen LogP contribution in [0.4, 0.5) is 17.6 Å². The summed E-state index contributed by atoms with van der Waals surface area (Å²) in [7, 11) is 0. The maximum absolute atomic E-state index is 13.2. The minimum Gasteiger partial charge on any atom is -0.491 e. The predicted octanol–water partition coefficient (Wildman–Crippen LogP) is 1.83. The van der Waals surface area contributed by atoms with E-state index in [-0.39, 0.29) is 25.2 Å². The van der Waals surface area contributed by atoms with Gasteiger partial charge in [0.2, 0.25) is 5.91 Å². The van der Waals surface area contributed by atoms with Crippen molar-refractivity contribution in [1.29, 1.82) is 0 Å². The summed E-state index contributed by atoms with van der Waals surface area (Å²) in [5, 5.41) is 2.04. The van der Waals surface area contributed by atoms with Gasteiger partial charge in [0.15, 0.2) is 11.6 Å². The van der Waals surface area contributed by atoms with E-state index >= 15 is 0 Å². The predicted molar refractivity (Wildman–Crippen MR) is 68.1 cm³/mol. The Labute approximate surface area is 119 Å². The summed E-state index contributed by atoms with van der Waals surface area (Å²) in [6.45, 7) is -1.67. The number of hydrogen-bond acceptors (Lipinski definition) is 3. The number of hydrogen-bond donors (Lipinski definition) is 2. The van der Waals surface area contributed by atoms with Crippen LogP contribution in [0.1, 0.15) is 12.8 Å². The number of benzene rings is 1. The lowest BCUT2D eigenvalue weighted by Gasteiger charge is -2.14. The Kier molecular flexibility index (Phi) is 6.41. The molecule has 4 nitrogen and oxygen atoms in total. The van der Waals surface area contributed by atoms with Gasteiger partial charge in [-0.25, -0.2) is 17.6 Å². The van der Waals surface area contributed by atoms with Crippen LogP contribution in [0.15, 0.2) is 18.2 Å². The normalized spacial score (nSPS) is 11.3. The lowest BCUT2D eigenvalue weighted by Crippen LogP contribution is -2.41. The van der Waals surface area contributed by atoms with Crippen molar-refractivity contribution in [2.45, 2.75) is 18.8 Å². The van der Waals surface area contributed by atoms with E-state index < -0.39 is 36.6 Å². The first-order valence-corrected chi connectivity index (χ1v) is 6.26. The van der Waals surface area contributed by atoms with Crippen LogP contribution in [0.2, 0.25) is 0 Å². The number of halogens is 4. The van der Waals surface area contributed by atoms with E-state index in [0.29, 0.717) is 6.07 Å². The smallest absolute Gasteiger partial charge is 0.277 e. The third-order valence-corrected chi connectivity index (χ3v) is 2.54. The Balaban J connectivity index is 2.23. The summed E-state index contributed by atoms with van der Waals surface area (Å²) in [5.74, 6) is -5.41. The molecule has 0 aliphatic rings. The highest BCUT2D eigenvalue weighted by Gasteiger charge is 2.26. The van der Waals surface area contributed by atoms with Gasteiger partial charge >= 0.3 is 0 Å². The van der Waals surface area contributed by atoms with Crippen molar-refractivity contribution in [3.8, 4) is 5.75 Å². The third-order valence-electron chi connectivity index (χ3n) is 2.54. The summed E-state index contributed by atoms with van der Waals surface area (Å²) < 4.78 is 56.4. The summed E-state index contributed by atoms with van der Waals surface area (Å²) in [6.07, 6.45) is 0.153. The summed E-state index contributed by atoms with van der Waals surface area (Å²) in [4.78, 5) is 11.3. The average molecular weight is 308 g/mol. The van der Waals surface area contributed by atoms with Gasteiger partial charge in [-0.3, -0.25) is 4.79 Å². The topological polar surface area (TPSA) is 64.3 Å². The highest BCUT2D eigenvalue weighted by Crippen LogP contribution is 2.17. The fourth-order valence-corrected chi connectivity index (χ4v) is 1.40. The Morgan fingerprint density at radius 3 is 2.67 bits per heavy atom. The van der Waals surface area contributed by atoms with E-state index in [1.54, 1.807) is 0 Å². The number of nitrogens with one attached hydrogen (secondary N) is 1. The molecule has 0 aliphatic carbocycles. The Morgan fingerprint density at radius 2 is 2.05 bits per heavy atom. The molecule has 0 bridgehead atoms. The molecule has 1 rings (SSSR count). The molecule has 0 unspecified atom stereocenters. The second-order valence-electron chi connectivity index (χ2n) is 4.36. The SMILES string of the molecule is NCC(F)(F)CNC(=O)CCCOc1ccc(F)cc1F. The van der Waals surface area contributed by atoms with Gasteiger partial charge in [0, 0.05) is 12.5 Å². The van der Waals surface area contributed by atoms with E-state index in [0.717, 1.165) is 12.1 Å². The summed E-state index contributed by atoms with van der Waals surface area (Å²) in [5.41, 5.74) is 4.82. The fraction of sp³-hybridized carbons (Fsp3) is 0.462. The van der Waals surface area contributed by atoms with E-state index in [1.807, 2.05) is 5.32 Å². The average Bonchev–Trinajstić information content (AvgIpc) is 2.43. The van der Waals surface area contributed by atoms with Gasteiger partial charge < -0.3 is 15.8 Å². The molecule has 3 N–H and O–H groups in total. The standard InChI is InChI=1S/C13H16F4N2O2/c14-9-3-4-11(10(15)6-9)21-5-1-2-12(20)19-8-13(16,17)7-18/h3-4,6H,1-2,5,7-8,18H2,(H,19,20). The quantitative estimate of drug-likeness (QED) is 0.569. The van der Waals surface area contributed by atoms with Crippen LogP contribution in [0.5, 0.6) is 5.75 Å². The molecule has 0 aliphatic heterocycles. The Hall–Kier alpha value is -1.83. The molecule has 0 spiro atoms. The van der Waals surface area contributed by atoms with Crippen LogP contribution < -0.4 is 15.8 Å². The van der Waals surface area contributed by atoms with Crippen LogP contribution in [-0.4, -0.2) is 31.5 Å². The Morgan fingerprint density at radius 1 is 1.33 bits per heavy atom. The molecule has 8 heteroatoms. The highest BCUT2D eigenvalue weighted by molar-refractivity contribution is 5.75. The van der Waals surface area contributed by atoms with Crippen LogP contribution >= 0.6 is 0 Å². The van der Waals surface area contributed by atoms with Crippen LogP contribution in [0.25, 0.3) is 0 Å². The van der Waals surface area contributed by atoms with E-state index in [4.69, 9.17) is 10.5 Å². The molecular weight excluding hydrogens is 292 g/mol. The molecule has 0 saturated carbocycles. The lowest BCUT2D eigenvalue weighted by atomic mass is 10.3. The molecule has 1 aromatic rings. The van der Waals surface area contributed by atoms with Crippen LogP contribution in [0, 0.1) is 11.6 Å². The number of alkyl halides is 2. The number of amides is 1. The second-order valence-corrected chi connectivity index (χ2v) is 4.36. The van der Waals surface area contributed by atoms with Crippen molar-refractivity contribution in [3.63, 3.8) is 0 Å². The molecule has 0 atom stereocenters. The molecular formula is C13H16F4N2O2. The minimum atomic E-state index is -3.14. The van der Waals surface area contributed by atoms with E-state index in [2.05, 4.69) is 0 Å². The summed E-state index contributed by atoms with van der Waals surface area (Å²) in [6, 6.07) is 2.85. The number of nitrogens with two attached hydrogens (primary N) is 1. The van der Waals surface area contributed by atoms with Gasteiger partial charge in [-0.05, 0) is 18.6 Å². The minimum absolute atomic E-state index is 0.00323.